The molecule has 1 unspecified atom stereocenters. The molecule has 6 heteroatoms. The van der Waals surface area contributed by atoms with Crippen LogP contribution in [0.5, 0.6) is 0 Å². The molecule has 1 atom stereocenters. The zero-order valence-electron chi connectivity index (χ0n) is 7.96. The summed E-state index contributed by atoms with van der Waals surface area (Å²) in [5.41, 5.74) is 7.71. The topological polar surface area (TPSA) is 77.8 Å². The lowest BCUT2D eigenvalue weighted by Gasteiger charge is -2.01. The molecule has 1 fully saturated rings. The summed E-state index contributed by atoms with van der Waals surface area (Å²) in [5.74, 6) is 1.67. The smallest absolute Gasteiger partial charge is 0.269 e. The van der Waals surface area contributed by atoms with E-state index < -0.39 is 0 Å². The van der Waals surface area contributed by atoms with Crippen molar-refractivity contribution in [3.05, 3.63) is 17.5 Å². The van der Waals surface area contributed by atoms with E-state index in [0.717, 1.165) is 4.88 Å². The van der Waals surface area contributed by atoms with Crippen molar-refractivity contribution in [2.45, 2.75) is 18.9 Å². The molecule has 0 bridgehead atoms. The van der Waals surface area contributed by atoms with Crippen LogP contribution >= 0.6 is 11.3 Å². The predicted octanol–water partition coefficient (Wildman–Crippen LogP) is 1.60. The Kier molecular flexibility index (Phi) is 2.03. The minimum atomic E-state index is -0.0737. The summed E-state index contributed by atoms with van der Waals surface area (Å²) in [6.07, 6.45) is 4.06. The molecule has 0 saturated heterocycles. The number of hydrogen-bond donors (Lipinski definition) is 1. The molecule has 0 amide bonds. The second kappa shape index (κ2) is 3.39. The molecule has 3 rings (SSSR count). The van der Waals surface area contributed by atoms with Gasteiger partial charge in [0.05, 0.1) is 17.7 Å². The summed E-state index contributed by atoms with van der Waals surface area (Å²) >= 11 is 1.48. The molecule has 0 radical (unpaired) electrons. The molecule has 2 aromatic rings. The second-order valence-electron chi connectivity index (χ2n) is 3.69. The third-order valence-corrected chi connectivity index (χ3v) is 3.27. The van der Waals surface area contributed by atoms with Gasteiger partial charge in [-0.05, 0) is 18.8 Å². The summed E-state index contributed by atoms with van der Waals surface area (Å²) in [6.45, 7) is 0. The summed E-state index contributed by atoms with van der Waals surface area (Å²) in [4.78, 5) is 9.13. The fourth-order valence-electron chi connectivity index (χ4n) is 1.46. The van der Waals surface area contributed by atoms with Gasteiger partial charge >= 0.3 is 0 Å². The lowest BCUT2D eigenvalue weighted by atomic mass is 10.2. The van der Waals surface area contributed by atoms with Crippen molar-refractivity contribution in [3.63, 3.8) is 0 Å². The Labute approximate surface area is 90.3 Å². The maximum Gasteiger partial charge on any atom is 0.269 e. The minimum absolute atomic E-state index is 0.0737. The average Bonchev–Trinajstić information content (AvgIpc) is 2.80. The Morgan fingerprint density at radius 3 is 3.07 bits per heavy atom. The number of nitrogens with zero attached hydrogens (tertiary/aromatic N) is 3. The number of aromatic nitrogens is 3. The Morgan fingerprint density at radius 1 is 1.53 bits per heavy atom. The summed E-state index contributed by atoms with van der Waals surface area (Å²) in [7, 11) is 0. The zero-order valence-corrected chi connectivity index (χ0v) is 8.78. The Balaban J connectivity index is 1.87. The van der Waals surface area contributed by atoms with Crippen LogP contribution in [0.4, 0.5) is 0 Å². The van der Waals surface area contributed by atoms with Crippen LogP contribution in [0, 0.1) is 5.92 Å². The minimum Gasteiger partial charge on any atom is -0.333 e. The van der Waals surface area contributed by atoms with Gasteiger partial charge in [-0.25, -0.2) is 0 Å². The van der Waals surface area contributed by atoms with E-state index in [1.54, 1.807) is 11.7 Å². The van der Waals surface area contributed by atoms with Gasteiger partial charge in [0.2, 0.25) is 0 Å². The van der Waals surface area contributed by atoms with Gasteiger partial charge in [-0.1, -0.05) is 5.16 Å². The highest BCUT2D eigenvalue weighted by atomic mass is 32.1. The number of hydrogen-bond acceptors (Lipinski definition) is 6. The van der Waals surface area contributed by atoms with Gasteiger partial charge in [-0.2, -0.15) is 4.98 Å². The molecule has 78 valence electrons. The van der Waals surface area contributed by atoms with Gasteiger partial charge < -0.3 is 10.3 Å². The Morgan fingerprint density at radius 2 is 2.40 bits per heavy atom. The average molecular weight is 222 g/mol. The van der Waals surface area contributed by atoms with E-state index in [9.17, 15) is 0 Å². The van der Waals surface area contributed by atoms with Crippen LogP contribution in [0.25, 0.3) is 10.8 Å². The monoisotopic (exact) mass is 222 g/mol. The molecule has 1 aliphatic carbocycles. The fourth-order valence-corrected chi connectivity index (χ4v) is 2.00. The molecule has 5 nitrogen and oxygen atoms in total. The molecule has 1 saturated carbocycles. The van der Waals surface area contributed by atoms with Crippen molar-refractivity contribution in [3.8, 4) is 10.8 Å². The third kappa shape index (κ3) is 1.66. The van der Waals surface area contributed by atoms with Crippen LogP contribution in [0.1, 0.15) is 24.7 Å². The molecule has 0 spiro atoms. The SMILES string of the molecule is NC(c1noc(-c2cncs2)n1)C1CC1. The molecule has 2 N–H and O–H groups in total. The highest BCUT2D eigenvalue weighted by Gasteiger charge is 2.32. The number of nitrogens with two attached hydrogens (primary N) is 1. The van der Waals surface area contributed by atoms with Crippen molar-refractivity contribution in [1.29, 1.82) is 0 Å². The van der Waals surface area contributed by atoms with Crippen LogP contribution in [0.3, 0.4) is 0 Å². The molecule has 1 aliphatic rings. The van der Waals surface area contributed by atoms with E-state index in [4.69, 9.17) is 10.3 Å². The van der Waals surface area contributed by atoms with Gasteiger partial charge in [0, 0.05) is 0 Å². The van der Waals surface area contributed by atoms with E-state index in [1.807, 2.05) is 0 Å². The lowest BCUT2D eigenvalue weighted by Crippen LogP contribution is -2.13. The quantitative estimate of drug-likeness (QED) is 0.853. The Bertz CT molecular complexity index is 448. The van der Waals surface area contributed by atoms with Gasteiger partial charge in [0.1, 0.15) is 4.88 Å². The lowest BCUT2D eigenvalue weighted by molar-refractivity contribution is 0.412. The number of thiazole rings is 1. The Hall–Kier alpha value is -1.27. The van der Waals surface area contributed by atoms with Gasteiger partial charge in [0.25, 0.3) is 5.89 Å². The van der Waals surface area contributed by atoms with Crippen LogP contribution < -0.4 is 5.73 Å². The maximum atomic E-state index is 5.97. The molecule has 15 heavy (non-hydrogen) atoms. The van der Waals surface area contributed by atoms with E-state index in [-0.39, 0.29) is 6.04 Å². The second-order valence-corrected chi connectivity index (χ2v) is 4.57. The van der Waals surface area contributed by atoms with Gasteiger partial charge in [-0.15, -0.1) is 11.3 Å². The molecule has 2 heterocycles. The van der Waals surface area contributed by atoms with Crippen LogP contribution in [-0.2, 0) is 0 Å². The first kappa shape index (κ1) is 8.99. The van der Waals surface area contributed by atoms with E-state index in [2.05, 4.69) is 15.1 Å². The summed E-state index contributed by atoms with van der Waals surface area (Å²) < 4.78 is 5.14. The molecule has 0 aromatic carbocycles. The third-order valence-electron chi connectivity index (χ3n) is 2.51. The number of rotatable bonds is 3. The van der Waals surface area contributed by atoms with Crippen molar-refractivity contribution >= 4 is 11.3 Å². The van der Waals surface area contributed by atoms with E-state index in [0.29, 0.717) is 17.6 Å². The zero-order chi connectivity index (χ0) is 10.3. The summed E-state index contributed by atoms with van der Waals surface area (Å²) in [6, 6.07) is -0.0737. The van der Waals surface area contributed by atoms with Crippen molar-refractivity contribution in [2.24, 2.45) is 11.7 Å². The molecular formula is C9H10N4OS. The first-order valence-electron chi connectivity index (χ1n) is 4.82. The highest BCUT2D eigenvalue weighted by molar-refractivity contribution is 7.13. The van der Waals surface area contributed by atoms with Crippen molar-refractivity contribution < 1.29 is 4.52 Å². The van der Waals surface area contributed by atoms with Crippen LogP contribution in [0.15, 0.2) is 16.2 Å². The van der Waals surface area contributed by atoms with Crippen LogP contribution in [-0.4, -0.2) is 15.1 Å². The summed E-state index contributed by atoms with van der Waals surface area (Å²) in [5, 5.41) is 3.90. The van der Waals surface area contributed by atoms with Gasteiger partial charge in [0.15, 0.2) is 5.82 Å². The van der Waals surface area contributed by atoms with Crippen LogP contribution in [0.2, 0.25) is 0 Å². The first-order valence-corrected chi connectivity index (χ1v) is 5.70. The van der Waals surface area contributed by atoms with Crippen molar-refractivity contribution in [1.82, 2.24) is 15.1 Å². The highest BCUT2D eigenvalue weighted by Crippen LogP contribution is 2.38. The van der Waals surface area contributed by atoms with E-state index in [1.165, 1.54) is 24.2 Å². The predicted molar refractivity (Wildman–Crippen MR) is 55.1 cm³/mol. The molecule has 0 aliphatic heterocycles. The normalized spacial score (nSPS) is 17.9. The molecular weight excluding hydrogens is 212 g/mol. The van der Waals surface area contributed by atoms with Gasteiger partial charge in [-0.3, -0.25) is 4.98 Å². The standard InChI is InChI=1S/C9H10N4OS/c10-7(5-1-2-5)8-12-9(14-13-8)6-3-11-4-15-6/h3-5,7H,1-2,10H2. The maximum absolute atomic E-state index is 5.97. The molecule has 2 aromatic heterocycles. The first-order chi connectivity index (χ1) is 7.34. The fraction of sp³-hybridized carbons (Fsp3) is 0.444. The van der Waals surface area contributed by atoms with E-state index >= 15 is 0 Å². The largest absolute Gasteiger partial charge is 0.333 e. The van der Waals surface area contributed by atoms with Crippen molar-refractivity contribution in [2.75, 3.05) is 0 Å².